The molecule has 0 fully saturated rings. The van der Waals surface area contributed by atoms with Gasteiger partial charge in [0.1, 0.15) is 12.6 Å². The van der Waals surface area contributed by atoms with Crippen LogP contribution in [0.5, 0.6) is 0 Å². The van der Waals surface area contributed by atoms with Gasteiger partial charge in [-0.3, -0.25) is 0 Å². The molecular weight excluding hydrogens is 80.0 g/mol. The lowest BCUT2D eigenvalue weighted by Crippen LogP contribution is -2.00. The van der Waals surface area contributed by atoms with Crippen molar-refractivity contribution in [3.63, 3.8) is 0 Å². The molecule has 0 amide bonds. The van der Waals surface area contributed by atoms with Gasteiger partial charge in [0.25, 0.3) is 0 Å². The predicted octanol–water partition coefficient (Wildman–Crippen LogP) is 0.772. The summed E-state index contributed by atoms with van der Waals surface area (Å²) in [4.78, 5) is 4.61. The van der Waals surface area contributed by atoms with Crippen LogP contribution >= 0.6 is 0 Å². The number of rotatable bonds is 0. The SMILES string of the molecule is CC1CN=NO1. The van der Waals surface area contributed by atoms with Crippen LogP contribution in [0.2, 0.25) is 0 Å². The number of hydrogen-bond donors (Lipinski definition) is 0. The predicted molar refractivity (Wildman–Crippen MR) is 20.3 cm³/mol. The van der Waals surface area contributed by atoms with Gasteiger partial charge in [0.05, 0.1) is 0 Å². The van der Waals surface area contributed by atoms with Gasteiger partial charge in [-0.2, -0.15) is 0 Å². The third-order valence-corrected chi connectivity index (χ3v) is 0.624. The van der Waals surface area contributed by atoms with Gasteiger partial charge in [-0.25, -0.2) is 0 Å². The van der Waals surface area contributed by atoms with E-state index in [1.807, 2.05) is 6.92 Å². The Morgan fingerprint density at radius 2 is 2.67 bits per heavy atom. The summed E-state index contributed by atoms with van der Waals surface area (Å²) in [5, 5.41) is 6.86. The smallest absolute Gasteiger partial charge is 0.147 e. The Kier molecular flexibility index (Phi) is 0.742. The maximum atomic E-state index is 4.61. The lowest BCUT2D eigenvalue weighted by molar-refractivity contribution is 0.104. The van der Waals surface area contributed by atoms with Crippen molar-refractivity contribution >= 4 is 0 Å². The van der Waals surface area contributed by atoms with Crippen molar-refractivity contribution in [1.82, 2.24) is 0 Å². The zero-order chi connectivity index (χ0) is 4.41. The summed E-state index contributed by atoms with van der Waals surface area (Å²) in [7, 11) is 0. The molecule has 0 aromatic heterocycles. The first-order valence-electron chi connectivity index (χ1n) is 1.92. The molecular formula is C3H6N2O. The Labute approximate surface area is 36.0 Å². The van der Waals surface area contributed by atoms with E-state index in [0.29, 0.717) is 0 Å². The Morgan fingerprint density at radius 3 is 2.83 bits per heavy atom. The lowest BCUT2D eigenvalue weighted by Gasteiger charge is -1.90. The molecule has 0 bridgehead atoms. The van der Waals surface area contributed by atoms with Crippen molar-refractivity contribution in [2.24, 2.45) is 10.4 Å². The Hall–Kier alpha value is -0.600. The highest BCUT2D eigenvalue weighted by atomic mass is 16.7. The molecule has 6 heavy (non-hydrogen) atoms. The molecule has 0 aliphatic carbocycles. The molecule has 1 atom stereocenters. The fourth-order valence-electron chi connectivity index (χ4n) is 0.295. The molecule has 3 heteroatoms. The van der Waals surface area contributed by atoms with Crippen LogP contribution in [0.1, 0.15) is 6.92 Å². The van der Waals surface area contributed by atoms with Gasteiger partial charge in [0.2, 0.25) is 0 Å². The van der Waals surface area contributed by atoms with E-state index in [-0.39, 0.29) is 6.10 Å². The van der Waals surface area contributed by atoms with Crippen LogP contribution in [0.25, 0.3) is 0 Å². The van der Waals surface area contributed by atoms with E-state index >= 15 is 0 Å². The Morgan fingerprint density at radius 1 is 1.83 bits per heavy atom. The second kappa shape index (κ2) is 1.24. The molecule has 0 saturated heterocycles. The minimum atomic E-state index is 0.213. The van der Waals surface area contributed by atoms with Gasteiger partial charge in [0, 0.05) is 5.28 Å². The van der Waals surface area contributed by atoms with Crippen molar-refractivity contribution in [2.75, 3.05) is 6.54 Å². The van der Waals surface area contributed by atoms with Crippen LogP contribution in [0.3, 0.4) is 0 Å². The summed E-state index contributed by atoms with van der Waals surface area (Å²) in [6.07, 6.45) is 0.213. The monoisotopic (exact) mass is 86.0 g/mol. The van der Waals surface area contributed by atoms with Gasteiger partial charge in [-0.15, -0.1) is 5.11 Å². The van der Waals surface area contributed by atoms with Crippen LogP contribution < -0.4 is 0 Å². The molecule has 1 heterocycles. The normalized spacial score (nSPS) is 30.5. The zero-order valence-electron chi connectivity index (χ0n) is 3.59. The van der Waals surface area contributed by atoms with Gasteiger partial charge >= 0.3 is 0 Å². The Balaban J connectivity index is 2.32. The summed E-state index contributed by atoms with van der Waals surface area (Å²) in [6, 6.07) is 0. The maximum absolute atomic E-state index is 4.61. The summed E-state index contributed by atoms with van der Waals surface area (Å²) in [6.45, 7) is 2.65. The number of hydrogen-bond acceptors (Lipinski definition) is 3. The molecule has 0 aromatic rings. The van der Waals surface area contributed by atoms with Crippen LogP contribution in [0, 0.1) is 0 Å². The minimum Gasteiger partial charge on any atom is -0.375 e. The van der Waals surface area contributed by atoms with Gasteiger partial charge in [-0.05, 0) is 6.92 Å². The van der Waals surface area contributed by atoms with E-state index < -0.39 is 0 Å². The second-order valence-corrected chi connectivity index (χ2v) is 1.32. The molecule has 0 aromatic carbocycles. The van der Waals surface area contributed by atoms with Gasteiger partial charge < -0.3 is 4.84 Å². The van der Waals surface area contributed by atoms with Crippen molar-refractivity contribution in [1.29, 1.82) is 0 Å². The van der Waals surface area contributed by atoms with E-state index in [0.717, 1.165) is 6.54 Å². The minimum absolute atomic E-state index is 0.213. The fraction of sp³-hybridized carbons (Fsp3) is 1.00. The van der Waals surface area contributed by atoms with E-state index in [9.17, 15) is 0 Å². The molecule has 1 rings (SSSR count). The average molecular weight is 86.1 g/mol. The molecule has 3 nitrogen and oxygen atoms in total. The first-order chi connectivity index (χ1) is 2.89. The van der Waals surface area contributed by atoms with Crippen molar-refractivity contribution in [2.45, 2.75) is 13.0 Å². The van der Waals surface area contributed by atoms with Crippen LogP contribution in [0.4, 0.5) is 0 Å². The maximum Gasteiger partial charge on any atom is 0.147 e. The van der Waals surface area contributed by atoms with Crippen molar-refractivity contribution < 1.29 is 4.84 Å². The van der Waals surface area contributed by atoms with E-state index in [4.69, 9.17) is 0 Å². The largest absolute Gasteiger partial charge is 0.375 e. The van der Waals surface area contributed by atoms with Crippen LogP contribution in [-0.4, -0.2) is 12.6 Å². The molecule has 0 saturated carbocycles. The van der Waals surface area contributed by atoms with Crippen LogP contribution in [0.15, 0.2) is 10.4 Å². The molecule has 1 aliphatic rings. The second-order valence-electron chi connectivity index (χ2n) is 1.32. The molecule has 1 aliphatic heterocycles. The summed E-state index contributed by atoms with van der Waals surface area (Å²) in [5.41, 5.74) is 0. The van der Waals surface area contributed by atoms with Crippen LogP contribution in [-0.2, 0) is 4.84 Å². The van der Waals surface area contributed by atoms with Crippen molar-refractivity contribution in [3.05, 3.63) is 0 Å². The first kappa shape index (κ1) is 3.59. The quantitative estimate of drug-likeness (QED) is 0.428. The highest BCUT2D eigenvalue weighted by molar-refractivity contribution is 4.52. The molecule has 34 valence electrons. The third-order valence-electron chi connectivity index (χ3n) is 0.624. The molecule has 0 radical (unpaired) electrons. The first-order valence-corrected chi connectivity index (χ1v) is 1.92. The van der Waals surface area contributed by atoms with E-state index in [1.54, 1.807) is 0 Å². The molecule has 1 unspecified atom stereocenters. The third kappa shape index (κ3) is 0.478. The van der Waals surface area contributed by atoms with Crippen molar-refractivity contribution in [3.8, 4) is 0 Å². The number of nitrogens with zero attached hydrogens (tertiary/aromatic N) is 2. The standard InChI is InChI=1S/C3H6N2O/c1-3-2-4-5-6-3/h3H,2H2,1H3. The molecule has 0 N–H and O–H groups in total. The van der Waals surface area contributed by atoms with Gasteiger partial charge in [0.15, 0.2) is 0 Å². The topological polar surface area (TPSA) is 34.0 Å². The summed E-state index contributed by atoms with van der Waals surface area (Å²) in [5.74, 6) is 0. The fourth-order valence-corrected chi connectivity index (χ4v) is 0.295. The highest BCUT2D eigenvalue weighted by Crippen LogP contribution is 1.99. The summed E-state index contributed by atoms with van der Waals surface area (Å²) < 4.78 is 0. The van der Waals surface area contributed by atoms with Gasteiger partial charge in [-0.1, -0.05) is 0 Å². The summed E-state index contributed by atoms with van der Waals surface area (Å²) >= 11 is 0. The Bertz CT molecular complexity index is 63.2. The highest BCUT2D eigenvalue weighted by Gasteiger charge is 2.04. The average Bonchev–Trinajstić information content (AvgIpc) is 1.86. The molecule has 0 spiro atoms. The van der Waals surface area contributed by atoms with E-state index in [1.165, 1.54) is 0 Å². The zero-order valence-corrected chi connectivity index (χ0v) is 3.59. The van der Waals surface area contributed by atoms with E-state index in [2.05, 4.69) is 15.2 Å². The lowest BCUT2D eigenvalue weighted by atomic mass is 10.4.